The standard InChI is InChI=1S/C17H26N2/c1-14(2)5-4-9-18-10-12-19-11-8-16-13-15(3)6-7-17(16)19/h6-8,11,13-14,18H,4-5,9-10,12H2,1-3H3. The number of fused-ring (bicyclic) bond motifs is 1. The minimum Gasteiger partial charge on any atom is -0.346 e. The molecule has 0 fully saturated rings. The summed E-state index contributed by atoms with van der Waals surface area (Å²) in [6.45, 7) is 9.95. The average Bonchev–Trinajstić information content (AvgIpc) is 2.75. The molecule has 2 nitrogen and oxygen atoms in total. The van der Waals surface area contributed by atoms with Crippen molar-refractivity contribution in [1.29, 1.82) is 0 Å². The molecule has 0 amide bonds. The number of nitrogens with zero attached hydrogens (tertiary/aromatic N) is 1. The molecule has 1 heterocycles. The van der Waals surface area contributed by atoms with E-state index in [0.29, 0.717) is 0 Å². The van der Waals surface area contributed by atoms with Crippen LogP contribution in [0.5, 0.6) is 0 Å². The van der Waals surface area contributed by atoms with E-state index in [9.17, 15) is 0 Å². The number of rotatable bonds is 7. The van der Waals surface area contributed by atoms with E-state index < -0.39 is 0 Å². The summed E-state index contributed by atoms with van der Waals surface area (Å²) in [5.41, 5.74) is 2.67. The van der Waals surface area contributed by atoms with Gasteiger partial charge in [0.05, 0.1) is 0 Å². The normalized spacial score (nSPS) is 11.6. The van der Waals surface area contributed by atoms with Crippen molar-refractivity contribution < 1.29 is 0 Å². The first-order valence-electron chi connectivity index (χ1n) is 7.43. The van der Waals surface area contributed by atoms with Crippen molar-refractivity contribution in [2.75, 3.05) is 13.1 Å². The van der Waals surface area contributed by atoms with Gasteiger partial charge in [0.1, 0.15) is 0 Å². The zero-order chi connectivity index (χ0) is 13.7. The quantitative estimate of drug-likeness (QED) is 0.743. The third kappa shape index (κ3) is 4.10. The van der Waals surface area contributed by atoms with E-state index in [-0.39, 0.29) is 0 Å². The Kier molecular flexibility index (Phi) is 5.03. The van der Waals surface area contributed by atoms with E-state index in [1.54, 1.807) is 0 Å². The first kappa shape index (κ1) is 14.1. The lowest BCUT2D eigenvalue weighted by molar-refractivity contribution is 0.517. The molecule has 1 aromatic heterocycles. The molecule has 1 aromatic carbocycles. The zero-order valence-corrected chi connectivity index (χ0v) is 12.4. The van der Waals surface area contributed by atoms with Crippen LogP contribution < -0.4 is 5.32 Å². The fourth-order valence-corrected chi connectivity index (χ4v) is 2.47. The Bertz CT molecular complexity index is 511. The summed E-state index contributed by atoms with van der Waals surface area (Å²) in [5, 5.41) is 4.88. The van der Waals surface area contributed by atoms with Gasteiger partial charge in [0.25, 0.3) is 0 Å². The number of nitrogens with one attached hydrogen (secondary N) is 1. The van der Waals surface area contributed by atoms with E-state index in [4.69, 9.17) is 0 Å². The molecule has 0 atom stereocenters. The predicted molar refractivity (Wildman–Crippen MR) is 83.6 cm³/mol. The Morgan fingerprint density at radius 1 is 1.16 bits per heavy atom. The third-order valence-electron chi connectivity index (χ3n) is 3.59. The molecule has 0 aliphatic heterocycles. The molecular formula is C17H26N2. The van der Waals surface area contributed by atoms with Crippen molar-refractivity contribution in [3.63, 3.8) is 0 Å². The van der Waals surface area contributed by atoms with Gasteiger partial charge in [0, 0.05) is 24.8 Å². The van der Waals surface area contributed by atoms with E-state index in [2.05, 4.69) is 61.1 Å². The van der Waals surface area contributed by atoms with Crippen LogP contribution in [0, 0.1) is 12.8 Å². The summed E-state index contributed by atoms with van der Waals surface area (Å²) in [6.07, 6.45) is 4.79. The Morgan fingerprint density at radius 3 is 2.79 bits per heavy atom. The van der Waals surface area contributed by atoms with Crippen molar-refractivity contribution in [3.05, 3.63) is 36.0 Å². The predicted octanol–water partition coefficient (Wildman–Crippen LogP) is 3.98. The minimum absolute atomic E-state index is 0.818. The summed E-state index contributed by atoms with van der Waals surface area (Å²) in [7, 11) is 0. The van der Waals surface area contributed by atoms with Gasteiger partial charge in [-0.3, -0.25) is 0 Å². The highest BCUT2D eigenvalue weighted by molar-refractivity contribution is 5.80. The molecule has 0 spiro atoms. The van der Waals surface area contributed by atoms with Crippen molar-refractivity contribution in [1.82, 2.24) is 9.88 Å². The largest absolute Gasteiger partial charge is 0.346 e. The molecule has 2 heteroatoms. The van der Waals surface area contributed by atoms with Gasteiger partial charge in [-0.25, -0.2) is 0 Å². The van der Waals surface area contributed by atoms with Crippen molar-refractivity contribution >= 4 is 10.9 Å². The Balaban J connectivity index is 1.79. The molecule has 0 bridgehead atoms. The molecule has 0 saturated heterocycles. The second-order valence-corrected chi connectivity index (χ2v) is 5.86. The highest BCUT2D eigenvalue weighted by atomic mass is 15.0. The van der Waals surface area contributed by atoms with Crippen LogP contribution in [0.25, 0.3) is 10.9 Å². The maximum absolute atomic E-state index is 3.53. The topological polar surface area (TPSA) is 17.0 Å². The fraction of sp³-hybridized carbons (Fsp3) is 0.529. The van der Waals surface area contributed by atoms with Crippen molar-refractivity contribution in [2.24, 2.45) is 5.92 Å². The van der Waals surface area contributed by atoms with Gasteiger partial charge in [-0.05, 0) is 55.8 Å². The van der Waals surface area contributed by atoms with Gasteiger partial charge in [-0.15, -0.1) is 0 Å². The molecule has 0 unspecified atom stereocenters. The van der Waals surface area contributed by atoms with E-state index >= 15 is 0 Å². The van der Waals surface area contributed by atoms with Crippen molar-refractivity contribution in [3.8, 4) is 0 Å². The first-order chi connectivity index (χ1) is 9.16. The van der Waals surface area contributed by atoms with Gasteiger partial charge in [0.2, 0.25) is 0 Å². The van der Waals surface area contributed by atoms with Gasteiger partial charge in [-0.1, -0.05) is 25.5 Å². The Hall–Kier alpha value is -1.28. The summed E-state index contributed by atoms with van der Waals surface area (Å²) in [5.74, 6) is 0.818. The van der Waals surface area contributed by atoms with Gasteiger partial charge in [0.15, 0.2) is 0 Å². The van der Waals surface area contributed by atoms with Crippen LogP contribution in [0.3, 0.4) is 0 Å². The van der Waals surface area contributed by atoms with Gasteiger partial charge in [-0.2, -0.15) is 0 Å². The van der Waals surface area contributed by atoms with Gasteiger partial charge >= 0.3 is 0 Å². The molecule has 0 aliphatic carbocycles. The van der Waals surface area contributed by atoms with Crippen LogP contribution in [0.4, 0.5) is 0 Å². The average molecular weight is 258 g/mol. The van der Waals surface area contributed by atoms with Crippen LogP contribution >= 0.6 is 0 Å². The van der Waals surface area contributed by atoms with Crippen LogP contribution in [-0.2, 0) is 6.54 Å². The molecule has 0 aliphatic rings. The number of aryl methyl sites for hydroxylation is 1. The molecule has 1 N–H and O–H groups in total. The SMILES string of the molecule is Cc1ccc2c(ccn2CCNCCCC(C)C)c1. The number of aromatic nitrogens is 1. The molecule has 104 valence electrons. The Morgan fingerprint density at radius 2 is 2.00 bits per heavy atom. The lowest BCUT2D eigenvalue weighted by atomic mass is 10.1. The number of hydrogen-bond donors (Lipinski definition) is 1. The molecule has 2 rings (SSSR count). The molecular weight excluding hydrogens is 232 g/mol. The van der Waals surface area contributed by atoms with E-state index in [1.165, 1.54) is 29.3 Å². The van der Waals surface area contributed by atoms with Gasteiger partial charge < -0.3 is 9.88 Å². The van der Waals surface area contributed by atoms with Crippen molar-refractivity contribution in [2.45, 2.75) is 40.2 Å². The lowest BCUT2D eigenvalue weighted by Crippen LogP contribution is -2.21. The molecule has 19 heavy (non-hydrogen) atoms. The van der Waals surface area contributed by atoms with E-state index in [0.717, 1.165) is 25.6 Å². The smallest absolute Gasteiger partial charge is 0.0480 e. The molecule has 2 aromatic rings. The second-order valence-electron chi connectivity index (χ2n) is 5.86. The van der Waals surface area contributed by atoms with Crippen LogP contribution in [0.15, 0.2) is 30.5 Å². The lowest BCUT2D eigenvalue weighted by Gasteiger charge is -2.08. The first-order valence-corrected chi connectivity index (χ1v) is 7.43. The van der Waals surface area contributed by atoms with Crippen LogP contribution in [0.1, 0.15) is 32.3 Å². The zero-order valence-electron chi connectivity index (χ0n) is 12.4. The second kappa shape index (κ2) is 6.76. The van der Waals surface area contributed by atoms with E-state index in [1.807, 2.05) is 0 Å². The third-order valence-corrected chi connectivity index (χ3v) is 3.59. The highest BCUT2D eigenvalue weighted by Crippen LogP contribution is 2.16. The summed E-state index contributed by atoms with van der Waals surface area (Å²) < 4.78 is 2.34. The summed E-state index contributed by atoms with van der Waals surface area (Å²) in [6, 6.07) is 8.88. The molecule has 0 radical (unpaired) electrons. The highest BCUT2D eigenvalue weighted by Gasteiger charge is 2.00. The fourth-order valence-electron chi connectivity index (χ4n) is 2.47. The van der Waals surface area contributed by atoms with Crippen LogP contribution in [0.2, 0.25) is 0 Å². The summed E-state index contributed by atoms with van der Waals surface area (Å²) in [4.78, 5) is 0. The molecule has 0 saturated carbocycles. The Labute approximate surface area is 116 Å². The number of benzene rings is 1. The monoisotopic (exact) mass is 258 g/mol. The van der Waals surface area contributed by atoms with Crippen LogP contribution in [-0.4, -0.2) is 17.7 Å². The summed E-state index contributed by atoms with van der Waals surface area (Å²) >= 11 is 0. The minimum atomic E-state index is 0.818. The maximum atomic E-state index is 3.53. The maximum Gasteiger partial charge on any atom is 0.0480 e. The number of hydrogen-bond acceptors (Lipinski definition) is 1.